The average Bonchev–Trinajstić information content (AvgIpc) is 2.51. The highest BCUT2D eigenvalue weighted by Gasteiger charge is 2.68. The number of amides is 1. The van der Waals surface area contributed by atoms with Gasteiger partial charge >= 0.3 is 5.97 Å². The van der Waals surface area contributed by atoms with Crippen molar-refractivity contribution in [2.24, 2.45) is 23.0 Å². The first kappa shape index (κ1) is 14.2. The Morgan fingerprint density at radius 1 is 1.53 bits per heavy atom. The van der Waals surface area contributed by atoms with Crippen LogP contribution in [0.4, 0.5) is 8.78 Å². The van der Waals surface area contributed by atoms with Crippen molar-refractivity contribution in [1.82, 2.24) is 0 Å². The van der Waals surface area contributed by atoms with Gasteiger partial charge in [0.15, 0.2) is 0 Å². The van der Waals surface area contributed by atoms with E-state index in [1.54, 1.807) is 6.92 Å². The van der Waals surface area contributed by atoms with Crippen molar-refractivity contribution in [3.05, 3.63) is 0 Å². The van der Waals surface area contributed by atoms with Gasteiger partial charge in [-0.2, -0.15) is 0 Å². The number of cyclic esters (lactones) is 1. The number of alkyl halides is 2. The third-order valence-corrected chi connectivity index (χ3v) is 4.52. The smallest absolute Gasteiger partial charge is 0.316 e. The standard InChI is InChI=1S/C12H17F2NO4/c1-5-3-7-6(2)19-10(18)11(7,4-12(5,13)14)8(16)9(15)17/h5-8,16H,3-4H2,1-2H3,(H2,15,17). The Morgan fingerprint density at radius 3 is 2.63 bits per heavy atom. The Hall–Kier alpha value is -1.24. The van der Waals surface area contributed by atoms with Gasteiger partial charge in [0, 0.05) is 18.3 Å². The summed E-state index contributed by atoms with van der Waals surface area (Å²) in [5.74, 6) is -6.85. The van der Waals surface area contributed by atoms with Crippen LogP contribution in [0.2, 0.25) is 0 Å². The first-order valence-corrected chi connectivity index (χ1v) is 6.19. The Labute approximate surface area is 109 Å². The number of carbonyl (C=O) groups is 2. The molecule has 1 heterocycles. The lowest BCUT2D eigenvalue weighted by atomic mass is 9.59. The van der Waals surface area contributed by atoms with Gasteiger partial charge in [-0.25, -0.2) is 8.78 Å². The van der Waals surface area contributed by atoms with Crippen LogP contribution in [0.5, 0.6) is 0 Å². The molecule has 0 aromatic carbocycles. The van der Waals surface area contributed by atoms with Gasteiger partial charge in [0.25, 0.3) is 5.92 Å². The topological polar surface area (TPSA) is 89.6 Å². The van der Waals surface area contributed by atoms with Crippen LogP contribution in [-0.4, -0.2) is 35.1 Å². The van der Waals surface area contributed by atoms with Crippen molar-refractivity contribution in [2.45, 2.75) is 44.8 Å². The summed E-state index contributed by atoms with van der Waals surface area (Å²) in [6.07, 6.45) is -3.46. The molecule has 2 aliphatic rings. The number of nitrogens with two attached hydrogens (primary N) is 1. The minimum atomic E-state index is -3.14. The van der Waals surface area contributed by atoms with E-state index >= 15 is 0 Å². The third-order valence-electron chi connectivity index (χ3n) is 4.52. The maximum absolute atomic E-state index is 13.9. The zero-order valence-electron chi connectivity index (χ0n) is 10.7. The van der Waals surface area contributed by atoms with Gasteiger partial charge in [-0.05, 0) is 13.3 Å². The van der Waals surface area contributed by atoms with Gasteiger partial charge in [0.05, 0.1) is 0 Å². The molecule has 0 spiro atoms. The Balaban J connectivity index is 2.49. The second-order valence-electron chi connectivity index (χ2n) is 5.64. The predicted molar refractivity (Wildman–Crippen MR) is 60.0 cm³/mol. The van der Waals surface area contributed by atoms with Gasteiger partial charge in [-0.3, -0.25) is 9.59 Å². The van der Waals surface area contributed by atoms with E-state index in [0.717, 1.165) is 0 Å². The zero-order valence-corrected chi connectivity index (χ0v) is 10.7. The first-order chi connectivity index (χ1) is 8.63. The van der Waals surface area contributed by atoms with E-state index in [9.17, 15) is 23.5 Å². The summed E-state index contributed by atoms with van der Waals surface area (Å²) in [5, 5.41) is 9.91. The second kappa shape index (κ2) is 4.13. The molecule has 0 aromatic heterocycles. The van der Waals surface area contributed by atoms with E-state index in [4.69, 9.17) is 10.5 Å². The second-order valence-corrected chi connectivity index (χ2v) is 5.64. The highest BCUT2D eigenvalue weighted by atomic mass is 19.3. The van der Waals surface area contributed by atoms with Gasteiger partial charge in [-0.1, -0.05) is 6.92 Å². The lowest BCUT2D eigenvalue weighted by Gasteiger charge is -2.44. The minimum absolute atomic E-state index is 0.00421. The molecule has 7 heteroatoms. The van der Waals surface area contributed by atoms with Crippen molar-refractivity contribution in [1.29, 1.82) is 0 Å². The van der Waals surface area contributed by atoms with Crippen molar-refractivity contribution in [3.63, 3.8) is 0 Å². The lowest BCUT2D eigenvalue weighted by molar-refractivity contribution is -0.183. The molecule has 1 saturated carbocycles. The first-order valence-electron chi connectivity index (χ1n) is 6.19. The van der Waals surface area contributed by atoms with Crippen LogP contribution in [-0.2, 0) is 14.3 Å². The Kier molecular flexibility index (Phi) is 3.08. The van der Waals surface area contributed by atoms with E-state index in [2.05, 4.69) is 0 Å². The van der Waals surface area contributed by atoms with Crippen LogP contribution < -0.4 is 5.73 Å². The molecule has 5 unspecified atom stereocenters. The molecule has 1 aliphatic heterocycles. The molecule has 1 saturated heterocycles. The van der Waals surface area contributed by atoms with Crippen molar-refractivity contribution in [3.8, 4) is 0 Å². The SMILES string of the molecule is CC1OC(=O)C2(C(O)C(N)=O)CC(F)(F)C(C)CC12. The van der Waals surface area contributed by atoms with Crippen LogP contribution in [0, 0.1) is 17.3 Å². The number of ether oxygens (including phenoxy) is 1. The normalized spacial score (nSPS) is 42.4. The summed E-state index contributed by atoms with van der Waals surface area (Å²) in [4.78, 5) is 23.2. The van der Waals surface area contributed by atoms with Crippen molar-refractivity contribution < 1.29 is 28.2 Å². The molecule has 108 valence electrons. The van der Waals surface area contributed by atoms with E-state index in [0.29, 0.717) is 0 Å². The molecular formula is C12H17F2NO4. The zero-order chi connectivity index (χ0) is 14.6. The van der Waals surface area contributed by atoms with Gasteiger partial charge < -0.3 is 15.6 Å². The molecule has 2 fully saturated rings. The fourth-order valence-corrected chi connectivity index (χ4v) is 3.32. The summed E-state index contributed by atoms with van der Waals surface area (Å²) in [5.41, 5.74) is 3.09. The summed E-state index contributed by atoms with van der Waals surface area (Å²) >= 11 is 0. The molecule has 2 rings (SSSR count). The molecule has 5 nitrogen and oxygen atoms in total. The predicted octanol–water partition coefficient (Wildman–Crippen LogP) is 0.446. The van der Waals surface area contributed by atoms with Gasteiger partial charge in [-0.15, -0.1) is 0 Å². The fourth-order valence-electron chi connectivity index (χ4n) is 3.32. The molecule has 3 N–H and O–H groups in total. The van der Waals surface area contributed by atoms with Crippen molar-refractivity contribution >= 4 is 11.9 Å². The number of hydrogen-bond donors (Lipinski definition) is 2. The summed E-state index contributed by atoms with van der Waals surface area (Å²) in [6.45, 7) is 2.96. The number of hydrogen-bond acceptors (Lipinski definition) is 4. The maximum atomic E-state index is 13.9. The number of aliphatic hydroxyl groups is 1. The number of fused-ring (bicyclic) bond motifs is 1. The summed E-state index contributed by atoms with van der Waals surface area (Å²) < 4.78 is 32.9. The van der Waals surface area contributed by atoms with Crippen LogP contribution >= 0.6 is 0 Å². The molecule has 1 amide bonds. The number of primary amides is 1. The number of halogens is 2. The minimum Gasteiger partial charge on any atom is -0.462 e. The van der Waals surface area contributed by atoms with E-state index in [-0.39, 0.29) is 6.42 Å². The Bertz CT molecular complexity index is 428. The third kappa shape index (κ3) is 1.82. The summed E-state index contributed by atoms with van der Waals surface area (Å²) in [7, 11) is 0. The molecule has 0 bridgehead atoms. The highest BCUT2D eigenvalue weighted by molar-refractivity contribution is 5.90. The average molecular weight is 277 g/mol. The molecule has 1 aliphatic carbocycles. The molecule has 0 aromatic rings. The number of carbonyl (C=O) groups excluding carboxylic acids is 2. The number of esters is 1. The maximum Gasteiger partial charge on any atom is 0.316 e. The highest BCUT2D eigenvalue weighted by Crippen LogP contribution is 2.57. The van der Waals surface area contributed by atoms with E-state index in [1.807, 2.05) is 0 Å². The molecule has 0 radical (unpaired) electrons. The molecule has 19 heavy (non-hydrogen) atoms. The largest absolute Gasteiger partial charge is 0.462 e. The van der Waals surface area contributed by atoms with Crippen LogP contribution in [0.3, 0.4) is 0 Å². The number of rotatable bonds is 2. The number of aliphatic hydroxyl groups excluding tert-OH is 1. The quantitative estimate of drug-likeness (QED) is 0.717. The fraction of sp³-hybridized carbons (Fsp3) is 0.833. The van der Waals surface area contributed by atoms with Gasteiger partial charge in [0.1, 0.15) is 17.6 Å². The van der Waals surface area contributed by atoms with Crippen LogP contribution in [0.25, 0.3) is 0 Å². The Morgan fingerprint density at radius 2 is 2.11 bits per heavy atom. The van der Waals surface area contributed by atoms with Crippen LogP contribution in [0.15, 0.2) is 0 Å². The molecule has 5 atom stereocenters. The lowest BCUT2D eigenvalue weighted by Crippen LogP contribution is -2.58. The van der Waals surface area contributed by atoms with E-state index in [1.165, 1.54) is 6.92 Å². The van der Waals surface area contributed by atoms with E-state index < -0.39 is 53.7 Å². The van der Waals surface area contributed by atoms with Crippen molar-refractivity contribution in [2.75, 3.05) is 0 Å². The molecular weight excluding hydrogens is 260 g/mol. The van der Waals surface area contributed by atoms with Gasteiger partial charge in [0.2, 0.25) is 5.91 Å². The monoisotopic (exact) mass is 277 g/mol. The van der Waals surface area contributed by atoms with Crippen LogP contribution in [0.1, 0.15) is 26.7 Å². The summed E-state index contributed by atoms with van der Waals surface area (Å²) in [6, 6.07) is 0.